The fraction of sp³-hybridized carbons (Fsp3) is 0.917. The highest BCUT2D eigenvalue weighted by Gasteiger charge is 2.27. The Labute approximate surface area is 92.0 Å². The second-order valence-corrected chi connectivity index (χ2v) is 4.95. The fourth-order valence-corrected chi connectivity index (χ4v) is 2.45. The van der Waals surface area contributed by atoms with Crippen LogP contribution in [0.2, 0.25) is 0 Å². The van der Waals surface area contributed by atoms with Crippen molar-refractivity contribution in [3.05, 3.63) is 0 Å². The number of carbonyl (C=O) groups excluding carboxylic acids is 1. The summed E-state index contributed by atoms with van der Waals surface area (Å²) in [6.07, 6.45) is 8.03. The molecule has 86 valence electrons. The summed E-state index contributed by atoms with van der Waals surface area (Å²) < 4.78 is 0. The molecule has 3 nitrogen and oxygen atoms in total. The number of amides is 1. The normalized spacial score (nSPS) is 26.7. The maximum atomic E-state index is 12.0. The molecule has 15 heavy (non-hydrogen) atoms. The van der Waals surface area contributed by atoms with E-state index < -0.39 is 0 Å². The van der Waals surface area contributed by atoms with Gasteiger partial charge in [-0.15, -0.1) is 0 Å². The molecule has 1 heterocycles. The molecule has 1 unspecified atom stereocenters. The van der Waals surface area contributed by atoms with Crippen molar-refractivity contribution in [3.8, 4) is 0 Å². The van der Waals surface area contributed by atoms with Crippen LogP contribution in [0.25, 0.3) is 0 Å². The van der Waals surface area contributed by atoms with Gasteiger partial charge in [0.25, 0.3) is 0 Å². The van der Waals surface area contributed by atoms with Gasteiger partial charge < -0.3 is 10.6 Å². The summed E-state index contributed by atoms with van der Waals surface area (Å²) in [7, 11) is 0. The standard InChI is InChI=1S/C12H22N2O/c13-9-11-3-1-2-8-14(11)12(15)7-6-10-4-5-10/h10-11H,1-9,13H2. The number of hydrogen-bond donors (Lipinski definition) is 1. The van der Waals surface area contributed by atoms with E-state index in [-0.39, 0.29) is 0 Å². The van der Waals surface area contributed by atoms with Crippen molar-refractivity contribution in [1.82, 2.24) is 4.90 Å². The van der Waals surface area contributed by atoms with Gasteiger partial charge in [-0.3, -0.25) is 4.79 Å². The number of carbonyl (C=O) groups is 1. The molecule has 0 aromatic carbocycles. The van der Waals surface area contributed by atoms with E-state index in [2.05, 4.69) is 0 Å². The van der Waals surface area contributed by atoms with Gasteiger partial charge in [0.15, 0.2) is 0 Å². The van der Waals surface area contributed by atoms with Crippen molar-refractivity contribution in [2.75, 3.05) is 13.1 Å². The number of nitrogens with zero attached hydrogens (tertiary/aromatic N) is 1. The zero-order valence-electron chi connectivity index (χ0n) is 9.45. The van der Waals surface area contributed by atoms with Crippen LogP contribution in [0.5, 0.6) is 0 Å². The molecule has 1 saturated carbocycles. The van der Waals surface area contributed by atoms with E-state index in [4.69, 9.17) is 5.73 Å². The summed E-state index contributed by atoms with van der Waals surface area (Å²) in [6.45, 7) is 1.57. The van der Waals surface area contributed by atoms with Gasteiger partial charge in [0, 0.05) is 25.6 Å². The first kappa shape index (κ1) is 10.9. The van der Waals surface area contributed by atoms with Crippen molar-refractivity contribution in [2.24, 2.45) is 11.7 Å². The molecule has 2 rings (SSSR count). The molecular weight excluding hydrogens is 188 g/mol. The van der Waals surface area contributed by atoms with Gasteiger partial charge in [0.05, 0.1) is 0 Å². The Balaban J connectivity index is 1.79. The third-order valence-corrected chi connectivity index (χ3v) is 3.68. The van der Waals surface area contributed by atoms with Crippen LogP contribution in [-0.2, 0) is 4.79 Å². The maximum absolute atomic E-state index is 12.0. The smallest absolute Gasteiger partial charge is 0.222 e. The molecule has 2 aliphatic rings. The van der Waals surface area contributed by atoms with Gasteiger partial charge in [-0.1, -0.05) is 12.8 Å². The molecule has 0 bridgehead atoms. The highest BCUT2D eigenvalue weighted by molar-refractivity contribution is 5.76. The van der Waals surface area contributed by atoms with Crippen molar-refractivity contribution in [1.29, 1.82) is 0 Å². The van der Waals surface area contributed by atoms with Crippen LogP contribution in [-0.4, -0.2) is 29.9 Å². The van der Waals surface area contributed by atoms with Gasteiger partial charge in [-0.05, 0) is 31.6 Å². The summed E-state index contributed by atoms with van der Waals surface area (Å²) in [5.74, 6) is 1.20. The van der Waals surface area contributed by atoms with E-state index in [0.29, 0.717) is 18.5 Å². The van der Waals surface area contributed by atoms with E-state index in [1.54, 1.807) is 0 Å². The third-order valence-electron chi connectivity index (χ3n) is 3.68. The molecule has 3 heteroatoms. The molecule has 0 radical (unpaired) electrons. The van der Waals surface area contributed by atoms with Crippen molar-refractivity contribution < 1.29 is 4.79 Å². The summed E-state index contributed by atoms with van der Waals surface area (Å²) in [4.78, 5) is 14.0. The second kappa shape index (κ2) is 4.97. The average molecular weight is 210 g/mol. The molecule has 1 saturated heterocycles. The number of hydrogen-bond acceptors (Lipinski definition) is 2. The molecule has 0 aromatic rings. The number of nitrogens with two attached hydrogens (primary N) is 1. The van der Waals surface area contributed by atoms with Crippen LogP contribution in [0, 0.1) is 5.92 Å². The Bertz CT molecular complexity index is 226. The predicted molar refractivity (Wildman–Crippen MR) is 60.4 cm³/mol. The van der Waals surface area contributed by atoms with Gasteiger partial charge in [0.1, 0.15) is 0 Å². The minimum absolute atomic E-state index is 0.324. The minimum atomic E-state index is 0.324. The van der Waals surface area contributed by atoms with Crippen molar-refractivity contribution in [2.45, 2.75) is 51.0 Å². The zero-order valence-corrected chi connectivity index (χ0v) is 9.45. The fourth-order valence-electron chi connectivity index (χ4n) is 2.45. The van der Waals surface area contributed by atoms with E-state index in [0.717, 1.165) is 38.1 Å². The average Bonchev–Trinajstić information content (AvgIpc) is 3.09. The Morgan fingerprint density at radius 2 is 2.07 bits per heavy atom. The molecule has 1 aliphatic heterocycles. The third kappa shape index (κ3) is 2.94. The molecule has 2 N–H and O–H groups in total. The van der Waals surface area contributed by atoms with Gasteiger partial charge in [-0.25, -0.2) is 0 Å². The lowest BCUT2D eigenvalue weighted by molar-refractivity contribution is -0.134. The van der Waals surface area contributed by atoms with Crippen molar-refractivity contribution in [3.63, 3.8) is 0 Å². The maximum Gasteiger partial charge on any atom is 0.222 e. The van der Waals surface area contributed by atoms with Gasteiger partial charge >= 0.3 is 0 Å². The quantitative estimate of drug-likeness (QED) is 0.764. The number of rotatable bonds is 4. The van der Waals surface area contributed by atoms with Crippen LogP contribution < -0.4 is 5.73 Å². The van der Waals surface area contributed by atoms with Crippen molar-refractivity contribution >= 4 is 5.91 Å². The molecule has 1 atom stereocenters. The van der Waals surface area contributed by atoms with Crippen LogP contribution in [0.1, 0.15) is 44.9 Å². The Kier molecular flexibility index (Phi) is 3.62. The lowest BCUT2D eigenvalue weighted by Gasteiger charge is -2.35. The van der Waals surface area contributed by atoms with Gasteiger partial charge in [-0.2, -0.15) is 0 Å². The van der Waals surface area contributed by atoms with E-state index in [1.807, 2.05) is 4.90 Å². The molecule has 1 amide bonds. The summed E-state index contributed by atoms with van der Waals surface area (Å²) in [5.41, 5.74) is 5.71. The van der Waals surface area contributed by atoms with Gasteiger partial charge in [0.2, 0.25) is 5.91 Å². The summed E-state index contributed by atoms with van der Waals surface area (Å²) >= 11 is 0. The van der Waals surface area contributed by atoms with Crippen LogP contribution in [0.15, 0.2) is 0 Å². The summed E-state index contributed by atoms with van der Waals surface area (Å²) in [6, 6.07) is 0.324. The Hall–Kier alpha value is -0.570. The highest BCUT2D eigenvalue weighted by atomic mass is 16.2. The second-order valence-electron chi connectivity index (χ2n) is 4.95. The van der Waals surface area contributed by atoms with E-state index in [1.165, 1.54) is 19.3 Å². The number of likely N-dealkylation sites (tertiary alicyclic amines) is 1. The first-order valence-corrected chi connectivity index (χ1v) is 6.31. The first-order valence-electron chi connectivity index (χ1n) is 6.31. The van der Waals surface area contributed by atoms with Crippen LogP contribution >= 0.6 is 0 Å². The zero-order chi connectivity index (χ0) is 10.7. The Morgan fingerprint density at radius 1 is 1.27 bits per heavy atom. The lowest BCUT2D eigenvalue weighted by Crippen LogP contribution is -2.47. The highest BCUT2D eigenvalue weighted by Crippen LogP contribution is 2.33. The SMILES string of the molecule is NCC1CCCCN1C(=O)CCC1CC1. The first-order chi connectivity index (χ1) is 7.31. The van der Waals surface area contributed by atoms with E-state index >= 15 is 0 Å². The monoisotopic (exact) mass is 210 g/mol. The van der Waals surface area contributed by atoms with Crippen LogP contribution in [0.3, 0.4) is 0 Å². The molecule has 0 spiro atoms. The van der Waals surface area contributed by atoms with Crippen LogP contribution in [0.4, 0.5) is 0 Å². The van der Waals surface area contributed by atoms with E-state index in [9.17, 15) is 4.79 Å². The molecule has 1 aliphatic carbocycles. The lowest BCUT2D eigenvalue weighted by atomic mass is 10.0. The Morgan fingerprint density at radius 3 is 2.73 bits per heavy atom. The minimum Gasteiger partial charge on any atom is -0.338 e. The summed E-state index contributed by atoms with van der Waals surface area (Å²) in [5, 5.41) is 0. The number of piperidine rings is 1. The molecular formula is C12H22N2O. The predicted octanol–water partition coefficient (Wildman–Crippen LogP) is 1.52. The molecule has 2 fully saturated rings. The largest absolute Gasteiger partial charge is 0.338 e. The topological polar surface area (TPSA) is 46.3 Å². The molecule has 0 aromatic heterocycles.